The average Bonchev–Trinajstić information content (AvgIpc) is 2.47. The first-order chi connectivity index (χ1) is 10.2. The summed E-state index contributed by atoms with van der Waals surface area (Å²) in [4.78, 5) is 4.55. The zero-order valence-electron chi connectivity index (χ0n) is 12.4. The first-order valence-electron chi connectivity index (χ1n) is 6.75. The van der Waals surface area contributed by atoms with Crippen molar-refractivity contribution in [2.24, 2.45) is 4.99 Å². The van der Waals surface area contributed by atoms with E-state index in [1.807, 2.05) is 43.5 Å². The van der Waals surface area contributed by atoms with Crippen LogP contribution in [0.1, 0.15) is 18.1 Å². The highest BCUT2D eigenvalue weighted by atomic mass is 127. The third-order valence-electron chi connectivity index (χ3n) is 3.00. The number of aryl methyl sites for hydroxylation is 1. The Hall–Kier alpha value is -1.56. The van der Waals surface area contributed by atoms with E-state index >= 15 is 0 Å². The molecule has 0 saturated heterocycles. The van der Waals surface area contributed by atoms with Crippen LogP contribution < -0.4 is 9.47 Å². The van der Waals surface area contributed by atoms with Gasteiger partial charge in [0, 0.05) is 6.21 Å². The molecule has 2 aromatic rings. The molecule has 0 N–H and O–H groups in total. The molecule has 0 atom stereocenters. The first-order valence-corrected chi connectivity index (χ1v) is 7.83. The fourth-order valence-electron chi connectivity index (χ4n) is 1.98. The number of aliphatic imine (C=N–C) groups is 1. The predicted octanol–water partition coefficient (Wildman–Crippen LogP) is 4.76. The van der Waals surface area contributed by atoms with E-state index in [0.717, 1.165) is 31.9 Å². The summed E-state index contributed by atoms with van der Waals surface area (Å²) in [6.07, 6.45) is 1.85. The van der Waals surface area contributed by atoms with Crippen molar-refractivity contribution in [3.05, 3.63) is 51.1 Å². The van der Waals surface area contributed by atoms with E-state index in [1.165, 1.54) is 0 Å². The normalized spacial score (nSPS) is 10.9. The van der Waals surface area contributed by atoms with Crippen LogP contribution in [0.2, 0.25) is 0 Å². The van der Waals surface area contributed by atoms with Gasteiger partial charge < -0.3 is 9.47 Å². The van der Waals surface area contributed by atoms with Crippen molar-refractivity contribution in [1.29, 1.82) is 0 Å². The van der Waals surface area contributed by atoms with Crippen molar-refractivity contribution >= 4 is 34.5 Å². The minimum Gasteiger partial charge on any atom is -0.492 e. The van der Waals surface area contributed by atoms with Crippen molar-refractivity contribution in [1.82, 2.24) is 0 Å². The maximum atomic E-state index is 5.63. The van der Waals surface area contributed by atoms with E-state index in [1.54, 1.807) is 7.11 Å². The van der Waals surface area contributed by atoms with Gasteiger partial charge in [-0.05, 0) is 65.8 Å². The predicted molar refractivity (Wildman–Crippen MR) is 95.3 cm³/mol. The molecule has 0 amide bonds. The molecule has 2 aromatic carbocycles. The molecule has 0 aromatic heterocycles. The van der Waals surface area contributed by atoms with Gasteiger partial charge >= 0.3 is 0 Å². The lowest BCUT2D eigenvalue weighted by molar-refractivity contribution is 0.309. The van der Waals surface area contributed by atoms with Crippen LogP contribution >= 0.6 is 22.6 Å². The summed E-state index contributed by atoms with van der Waals surface area (Å²) in [6.45, 7) is 4.61. The molecule has 110 valence electrons. The summed E-state index contributed by atoms with van der Waals surface area (Å²) >= 11 is 2.25. The summed E-state index contributed by atoms with van der Waals surface area (Å²) in [6, 6.07) is 12.0. The summed E-state index contributed by atoms with van der Waals surface area (Å²) in [5.74, 6) is 1.52. The molecule has 0 heterocycles. The van der Waals surface area contributed by atoms with Gasteiger partial charge in [-0.25, -0.2) is 0 Å². The Bertz CT molecular complexity index is 653. The Labute approximate surface area is 139 Å². The zero-order valence-corrected chi connectivity index (χ0v) is 14.5. The molecule has 0 radical (unpaired) electrons. The summed E-state index contributed by atoms with van der Waals surface area (Å²) in [5, 5.41) is 0. The average molecular weight is 395 g/mol. The second-order valence-electron chi connectivity index (χ2n) is 4.51. The molecule has 0 aliphatic rings. The standard InChI is InChI=1S/C17H18INO2/c1-4-21-16-10-13(9-14(18)17(16)20-3)11-19-15-8-6-5-7-12(15)2/h5-11H,4H2,1-3H3. The van der Waals surface area contributed by atoms with E-state index in [9.17, 15) is 0 Å². The van der Waals surface area contributed by atoms with Crippen molar-refractivity contribution in [3.8, 4) is 11.5 Å². The lowest BCUT2D eigenvalue weighted by Crippen LogP contribution is -1.98. The number of ether oxygens (including phenoxy) is 2. The topological polar surface area (TPSA) is 30.8 Å². The maximum absolute atomic E-state index is 5.63. The third-order valence-corrected chi connectivity index (χ3v) is 3.81. The van der Waals surface area contributed by atoms with Gasteiger partial charge in [0.2, 0.25) is 0 Å². The van der Waals surface area contributed by atoms with Gasteiger partial charge in [0.25, 0.3) is 0 Å². The van der Waals surface area contributed by atoms with Crippen LogP contribution in [0.5, 0.6) is 11.5 Å². The van der Waals surface area contributed by atoms with Crippen LogP contribution in [0.4, 0.5) is 5.69 Å². The molecule has 0 aliphatic heterocycles. The fourth-order valence-corrected chi connectivity index (χ4v) is 2.82. The summed E-state index contributed by atoms with van der Waals surface area (Å²) in [7, 11) is 1.65. The highest BCUT2D eigenvalue weighted by Crippen LogP contribution is 2.33. The van der Waals surface area contributed by atoms with Crippen LogP contribution in [0.3, 0.4) is 0 Å². The smallest absolute Gasteiger partial charge is 0.174 e. The van der Waals surface area contributed by atoms with E-state index in [0.29, 0.717) is 6.61 Å². The second kappa shape index (κ2) is 7.45. The molecule has 21 heavy (non-hydrogen) atoms. The zero-order chi connectivity index (χ0) is 15.2. The molecule has 4 heteroatoms. The number of para-hydroxylation sites is 1. The molecule has 0 unspecified atom stereocenters. The molecule has 0 spiro atoms. The van der Waals surface area contributed by atoms with Crippen molar-refractivity contribution in [3.63, 3.8) is 0 Å². The van der Waals surface area contributed by atoms with Crippen molar-refractivity contribution < 1.29 is 9.47 Å². The van der Waals surface area contributed by atoms with Gasteiger partial charge in [-0.15, -0.1) is 0 Å². The van der Waals surface area contributed by atoms with E-state index in [2.05, 4.69) is 40.6 Å². The minimum absolute atomic E-state index is 0.602. The molecule has 3 nitrogen and oxygen atoms in total. The monoisotopic (exact) mass is 395 g/mol. The highest BCUT2D eigenvalue weighted by Gasteiger charge is 2.10. The van der Waals surface area contributed by atoms with Gasteiger partial charge in [0.15, 0.2) is 11.5 Å². The number of halogens is 1. The third kappa shape index (κ3) is 3.97. The van der Waals surface area contributed by atoms with E-state index < -0.39 is 0 Å². The molecule has 0 saturated carbocycles. The number of nitrogens with zero attached hydrogens (tertiary/aromatic N) is 1. The summed E-state index contributed by atoms with van der Waals surface area (Å²) in [5.41, 5.74) is 3.12. The number of hydrogen-bond donors (Lipinski definition) is 0. The van der Waals surface area contributed by atoms with Gasteiger partial charge in [-0.1, -0.05) is 18.2 Å². The Morgan fingerprint density at radius 3 is 2.67 bits per heavy atom. The SMILES string of the molecule is CCOc1cc(C=Nc2ccccc2C)cc(I)c1OC. The molecule has 0 bridgehead atoms. The van der Waals surface area contributed by atoms with Gasteiger partial charge in [0.05, 0.1) is 23.0 Å². The Kier molecular flexibility index (Phi) is 5.61. The van der Waals surface area contributed by atoms with E-state index in [-0.39, 0.29) is 0 Å². The maximum Gasteiger partial charge on any atom is 0.174 e. The van der Waals surface area contributed by atoms with Gasteiger partial charge in [0.1, 0.15) is 0 Å². The Balaban J connectivity index is 2.34. The molecule has 2 rings (SSSR count). The van der Waals surface area contributed by atoms with Gasteiger partial charge in [-0.2, -0.15) is 0 Å². The van der Waals surface area contributed by atoms with E-state index in [4.69, 9.17) is 9.47 Å². The lowest BCUT2D eigenvalue weighted by Gasteiger charge is -2.11. The van der Waals surface area contributed by atoms with Crippen LogP contribution in [0, 0.1) is 10.5 Å². The first kappa shape index (κ1) is 15.8. The number of methoxy groups -OCH3 is 1. The molecule has 0 fully saturated rings. The Morgan fingerprint density at radius 2 is 2.00 bits per heavy atom. The largest absolute Gasteiger partial charge is 0.492 e. The Morgan fingerprint density at radius 1 is 1.24 bits per heavy atom. The number of rotatable bonds is 5. The molecular formula is C17H18INO2. The van der Waals surface area contributed by atoms with Gasteiger partial charge in [-0.3, -0.25) is 4.99 Å². The second-order valence-corrected chi connectivity index (χ2v) is 5.67. The quantitative estimate of drug-likeness (QED) is 0.540. The van der Waals surface area contributed by atoms with Crippen LogP contribution in [-0.4, -0.2) is 19.9 Å². The summed E-state index contributed by atoms with van der Waals surface area (Å²) < 4.78 is 12.0. The number of benzene rings is 2. The van der Waals surface area contributed by atoms with Crippen molar-refractivity contribution in [2.75, 3.05) is 13.7 Å². The number of hydrogen-bond acceptors (Lipinski definition) is 3. The van der Waals surface area contributed by atoms with Crippen LogP contribution in [0.15, 0.2) is 41.4 Å². The fraction of sp³-hybridized carbons (Fsp3) is 0.235. The minimum atomic E-state index is 0.602. The highest BCUT2D eigenvalue weighted by molar-refractivity contribution is 14.1. The van der Waals surface area contributed by atoms with Crippen LogP contribution in [0.25, 0.3) is 0 Å². The lowest BCUT2D eigenvalue weighted by atomic mass is 10.2. The van der Waals surface area contributed by atoms with Crippen molar-refractivity contribution in [2.45, 2.75) is 13.8 Å². The molecular weight excluding hydrogens is 377 g/mol. The molecule has 0 aliphatic carbocycles. The van der Waals surface area contributed by atoms with Crippen LogP contribution in [-0.2, 0) is 0 Å².